The highest BCUT2D eigenvalue weighted by molar-refractivity contribution is 5.91. The Morgan fingerprint density at radius 2 is 1.76 bits per heavy atom. The first kappa shape index (κ1) is 18.3. The topological polar surface area (TPSA) is 67.4 Å². The molecule has 0 saturated heterocycles. The highest BCUT2D eigenvalue weighted by Gasteiger charge is 1.98. The van der Waals surface area contributed by atoms with Gasteiger partial charge in [-0.25, -0.2) is 0 Å². The van der Waals surface area contributed by atoms with Crippen LogP contribution in [0.4, 0.5) is 0 Å². The zero-order valence-electron chi connectivity index (χ0n) is 14.2. The summed E-state index contributed by atoms with van der Waals surface area (Å²) in [7, 11) is 0. The van der Waals surface area contributed by atoms with Crippen molar-refractivity contribution in [3.63, 3.8) is 0 Å². The van der Waals surface area contributed by atoms with Gasteiger partial charge in [-0.15, -0.1) is 0 Å². The molecule has 2 aromatic rings. The highest BCUT2D eigenvalue weighted by Crippen LogP contribution is 2.16. The molecule has 5 heteroatoms. The maximum Gasteiger partial charge on any atom is 0.244 e. The van der Waals surface area contributed by atoms with Crippen LogP contribution >= 0.6 is 0 Å². The van der Waals surface area contributed by atoms with Gasteiger partial charge in [0.2, 0.25) is 11.8 Å². The lowest BCUT2D eigenvalue weighted by atomic mass is 10.2. The largest absolute Gasteiger partial charge is 0.489 e. The lowest BCUT2D eigenvalue weighted by Crippen LogP contribution is -2.32. The van der Waals surface area contributed by atoms with Crippen LogP contribution in [0.2, 0.25) is 0 Å². The molecule has 0 bridgehead atoms. The third kappa shape index (κ3) is 7.35. The fourth-order valence-corrected chi connectivity index (χ4v) is 2.10. The van der Waals surface area contributed by atoms with Crippen molar-refractivity contribution in [3.8, 4) is 5.75 Å². The molecule has 0 radical (unpaired) electrons. The van der Waals surface area contributed by atoms with E-state index in [2.05, 4.69) is 10.6 Å². The monoisotopic (exact) mass is 338 g/mol. The molecule has 0 aromatic heterocycles. The summed E-state index contributed by atoms with van der Waals surface area (Å²) < 4.78 is 5.77. The van der Waals surface area contributed by atoms with Crippen molar-refractivity contribution in [1.82, 2.24) is 10.6 Å². The molecule has 130 valence electrons. The van der Waals surface area contributed by atoms with E-state index in [4.69, 9.17) is 4.74 Å². The van der Waals surface area contributed by atoms with Gasteiger partial charge in [0, 0.05) is 26.1 Å². The maximum absolute atomic E-state index is 11.7. The number of rotatable bonds is 8. The quantitative estimate of drug-likeness (QED) is 0.574. The second-order valence-corrected chi connectivity index (χ2v) is 5.45. The predicted octanol–water partition coefficient (Wildman–Crippen LogP) is 2.53. The number of carbonyl (C=O) groups excluding carboxylic acids is 2. The molecular formula is C20H22N2O3. The molecule has 0 unspecified atom stereocenters. The first-order chi connectivity index (χ1) is 12.1. The highest BCUT2D eigenvalue weighted by atomic mass is 16.5. The van der Waals surface area contributed by atoms with E-state index in [0.29, 0.717) is 19.7 Å². The normalized spacial score (nSPS) is 10.4. The van der Waals surface area contributed by atoms with Crippen LogP contribution in [0.25, 0.3) is 6.08 Å². The first-order valence-corrected chi connectivity index (χ1v) is 8.10. The second kappa shape index (κ2) is 9.93. The molecule has 0 atom stereocenters. The van der Waals surface area contributed by atoms with Gasteiger partial charge >= 0.3 is 0 Å². The average Bonchev–Trinajstić information content (AvgIpc) is 2.63. The fraction of sp³-hybridized carbons (Fsp3) is 0.200. The number of nitrogens with one attached hydrogen (secondary N) is 2. The van der Waals surface area contributed by atoms with Gasteiger partial charge in [0.25, 0.3) is 0 Å². The molecule has 0 fully saturated rings. The summed E-state index contributed by atoms with van der Waals surface area (Å²) in [5, 5.41) is 5.31. The zero-order valence-corrected chi connectivity index (χ0v) is 14.2. The molecule has 2 rings (SSSR count). The van der Waals surface area contributed by atoms with Gasteiger partial charge in [0.1, 0.15) is 12.4 Å². The number of amides is 2. The van der Waals surface area contributed by atoms with E-state index in [9.17, 15) is 9.59 Å². The third-order valence-corrected chi connectivity index (χ3v) is 3.33. The van der Waals surface area contributed by atoms with Crippen molar-refractivity contribution >= 4 is 17.9 Å². The summed E-state index contributed by atoms with van der Waals surface area (Å²) in [5.41, 5.74) is 1.98. The van der Waals surface area contributed by atoms with Gasteiger partial charge < -0.3 is 15.4 Å². The van der Waals surface area contributed by atoms with Crippen LogP contribution in [-0.2, 0) is 16.2 Å². The lowest BCUT2D eigenvalue weighted by Gasteiger charge is -2.07. The van der Waals surface area contributed by atoms with Crippen LogP contribution < -0.4 is 15.4 Å². The van der Waals surface area contributed by atoms with E-state index in [0.717, 1.165) is 16.9 Å². The number of carbonyl (C=O) groups is 2. The summed E-state index contributed by atoms with van der Waals surface area (Å²) in [5.74, 6) is 0.426. The van der Waals surface area contributed by atoms with Crippen molar-refractivity contribution < 1.29 is 14.3 Å². The first-order valence-electron chi connectivity index (χ1n) is 8.10. The van der Waals surface area contributed by atoms with Gasteiger partial charge in [0.05, 0.1) is 0 Å². The van der Waals surface area contributed by atoms with Crippen molar-refractivity contribution in [1.29, 1.82) is 0 Å². The van der Waals surface area contributed by atoms with Gasteiger partial charge in [-0.2, -0.15) is 0 Å². The summed E-state index contributed by atoms with van der Waals surface area (Å²) in [6.45, 7) is 2.74. The van der Waals surface area contributed by atoms with Crippen molar-refractivity contribution in [2.45, 2.75) is 13.5 Å². The number of ether oxygens (including phenoxy) is 1. The Kier molecular flexibility index (Phi) is 7.25. The standard InChI is InChI=1S/C20H22N2O3/c1-16(23)21-12-13-22-20(24)11-10-17-8-5-9-19(14-17)25-15-18-6-3-2-4-7-18/h2-11,14H,12-13,15H2,1H3,(H,21,23)(H,22,24)/b11-10+. The molecule has 2 aromatic carbocycles. The number of benzene rings is 2. The Morgan fingerprint density at radius 1 is 1.00 bits per heavy atom. The maximum atomic E-state index is 11.7. The molecular weight excluding hydrogens is 316 g/mol. The van der Waals surface area contributed by atoms with Crippen LogP contribution in [0.15, 0.2) is 60.7 Å². The molecule has 0 heterocycles. The van der Waals surface area contributed by atoms with Gasteiger partial charge in [-0.1, -0.05) is 42.5 Å². The van der Waals surface area contributed by atoms with Crippen LogP contribution in [0.5, 0.6) is 5.75 Å². The van der Waals surface area contributed by atoms with Crippen molar-refractivity contribution in [2.24, 2.45) is 0 Å². The van der Waals surface area contributed by atoms with Crippen LogP contribution in [-0.4, -0.2) is 24.9 Å². The summed E-state index contributed by atoms with van der Waals surface area (Å²) >= 11 is 0. The van der Waals surface area contributed by atoms with Crippen LogP contribution in [0, 0.1) is 0 Å². The summed E-state index contributed by atoms with van der Waals surface area (Å²) in [6, 6.07) is 17.5. The fourth-order valence-electron chi connectivity index (χ4n) is 2.10. The third-order valence-electron chi connectivity index (χ3n) is 3.33. The molecule has 5 nitrogen and oxygen atoms in total. The van der Waals surface area contributed by atoms with Crippen molar-refractivity contribution in [3.05, 3.63) is 71.8 Å². The van der Waals surface area contributed by atoms with Gasteiger partial charge in [0.15, 0.2) is 0 Å². The SMILES string of the molecule is CC(=O)NCCNC(=O)/C=C/c1cccc(OCc2ccccc2)c1. The Morgan fingerprint density at radius 3 is 2.52 bits per heavy atom. The Labute approximate surface area is 147 Å². The smallest absolute Gasteiger partial charge is 0.244 e. The van der Waals surface area contributed by atoms with E-state index in [1.807, 2.05) is 54.6 Å². The molecule has 0 saturated carbocycles. The molecule has 2 amide bonds. The second-order valence-electron chi connectivity index (χ2n) is 5.45. The lowest BCUT2D eigenvalue weighted by molar-refractivity contribution is -0.119. The average molecular weight is 338 g/mol. The summed E-state index contributed by atoms with van der Waals surface area (Å²) in [4.78, 5) is 22.4. The Hall–Kier alpha value is -3.08. The minimum absolute atomic E-state index is 0.114. The van der Waals surface area contributed by atoms with Crippen molar-refractivity contribution in [2.75, 3.05) is 13.1 Å². The van der Waals surface area contributed by atoms with Gasteiger partial charge in [-0.3, -0.25) is 9.59 Å². The Balaban J connectivity index is 1.81. The molecule has 2 N–H and O–H groups in total. The van der Waals surface area contributed by atoms with E-state index in [1.54, 1.807) is 6.08 Å². The molecule has 0 aliphatic rings. The van der Waals surface area contributed by atoms with E-state index in [1.165, 1.54) is 13.0 Å². The number of hydrogen-bond acceptors (Lipinski definition) is 3. The molecule has 0 spiro atoms. The Bertz CT molecular complexity index is 727. The molecule has 25 heavy (non-hydrogen) atoms. The summed E-state index contributed by atoms with van der Waals surface area (Å²) in [6.07, 6.45) is 3.19. The van der Waals surface area contributed by atoms with E-state index >= 15 is 0 Å². The molecule has 0 aliphatic carbocycles. The minimum atomic E-state index is -0.207. The van der Waals surface area contributed by atoms with Gasteiger partial charge in [-0.05, 0) is 29.3 Å². The number of hydrogen-bond donors (Lipinski definition) is 2. The zero-order chi connectivity index (χ0) is 17.9. The predicted molar refractivity (Wildman–Crippen MR) is 97.9 cm³/mol. The molecule has 0 aliphatic heterocycles. The van der Waals surface area contributed by atoms with E-state index < -0.39 is 0 Å². The van der Waals surface area contributed by atoms with Crippen LogP contribution in [0.1, 0.15) is 18.1 Å². The van der Waals surface area contributed by atoms with Crippen LogP contribution in [0.3, 0.4) is 0 Å². The minimum Gasteiger partial charge on any atom is -0.489 e. The van der Waals surface area contributed by atoms with E-state index in [-0.39, 0.29) is 11.8 Å².